The van der Waals surface area contributed by atoms with E-state index in [-0.39, 0.29) is 24.4 Å². The molecular weight excluding hydrogens is 470 g/mol. The van der Waals surface area contributed by atoms with Crippen LogP contribution in [0.2, 0.25) is 5.02 Å². The van der Waals surface area contributed by atoms with E-state index in [1.165, 1.54) is 22.8 Å². The van der Waals surface area contributed by atoms with Crippen molar-refractivity contribution in [2.75, 3.05) is 13.1 Å². The van der Waals surface area contributed by atoms with Crippen LogP contribution in [0.1, 0.15) is 30.2 Å². The summed E-state index contributed by atoms with van der Waals surface area (Å²) in [5.41, 5.74) is 8.16. The van der Waals surface area contributed by atoms with Crippen LogP contribution in [-0.2, 0) is 22.6 Å². The second kappa shape index (κ2) is 9.82. The van der Waals surface area contributed by atoms with Gasteiger partial charge in [0.25, 0.3) is 0 Å². The van der Waals surface area contributed by atoms with E-state index in [0.29, 0.717) is 18.1 Å². The molecular formula is C30H30ClN3O2. The molecule has 2 aromatic carbocycles. The van der Waals surface area contributed by atoms with Gasteiger partial charge in [0.15, 0.2) is 0 Å². The molecule has 1 aliphatic carbocycles. The van der Waals surface area contributed by atoms with E-state index in [1.54, 1.807) is 4.90 Å². The van der Waals surface area contributed by atoms with Crippen molar-refractivity contribution in [2.45, 2.75) is 39.3 Å². The summed E-state index contributed by atoms with van der Waals surface area (Å²) in [6.07, 6.45) is 9.83. The number of likely N-dealkylation sites (tertiary alicyclic amines) is 1. The Hall–Kier alpha value is -3.57. The lowest BCUT2D eigenvalue weighted by molar-refractivity contribution is -0.133. The van der Waals surface area contributed by atoms with E-state index in [9.17, 15) is 9.59 Å². The topological polar surface area (TPSA) is 54.3 Å². The van der Waals surface area contributed by atoms with Gasteiger partial charge >= 0.3 is 0 Å². The highest BCUT2D eigenvalue weighted by atomic mass is 35.5. The van der Waals surface area contributed by atoms with Crippen LogP contribution in [0, 0.1) is 6.92 Å². The fourth-order valence-electron chi connectivity index (χ4n) is 5.26. The van der Waals surface area contributed by atoms with Crippen molar-refractivity contribution in [1.82, 2.24) is 14.8 Å². The molecule has 0 spiro atoms. The molecule has 1 N–H and O–H groups in total. The predicted molar refractivity (Wildman–Crippen MR) is 147 cm³/mol. The first kappa shape index (κ1) is 24.1. The SMILES string of the molecule is C=CC(=O)N1CC(NC(=O)Cn2c(C)c(-c3cccc4c3/C=C\C=C(/C)CC4)c3cc(Cl)ccc32)C1. The lowest BCUT2D eigenvalue weighted by atomic mass is 9.89. The maximum Gasteiger partial charge on any atom is 0.246 e. The highest BCUT2D eigenvalue weighted by Gasteiger charge is 2.30. The average molecular weight is 500 g/mol. The highest BCUT2D eigenvalue weighted by molar-refractivity contribution is 6.31. The van der Waals surface area contributed by atoms with Gasteiger partial charge in [-0.25, -0.2) is 0 Å². The summed E-state index contributed by atoms with van der Waals surface area (Å²) in [6, 6.07) is 12.3. The first-order valence-electron chi connectivity index (χ1n) is 12.3. The summed E-state index contributed by atoms with van der Waals surface area (Å²) >= 11 is 6.45. The van der Waals surface area contributed by atoms with Crippen molar-refractivity contribution >= 4 is 40.4 Å². The van der Waals surface area contributed by atoms with Crippen LogP contribution < -0.4 is 5.32 Å². The van der Waals surface area contributed by atoms with Crippen molar-refractivity contribution < 1.29 is 9.59 Å². The van der Waals surface area contributed by atoms with Crippen molar-refractivity contribution in [3.63, 3.8) is 0 Å². The van der Waals surface area contributed by atoms with Crippen molar-refractivity contribution in [2.24, 2.45) is 0 Å². The summed E-state index contributed by atoms with van der Waals surface area (Å²) in [5, 5.41) is 4.77. The van der Waals surface area contributed by atoms with E-state index in [0.717, 1.165) is 40.6 Å². The number of rotatable bonds is 5. The Labute approximate surface area is 216 Å². The number of fused-ring (bicyclic) bond motifs is 2. The largest absolute Gasteiger partial charge is 0.348 e. The lowest BCUT2D eigenvalue weighted by Gasteiger charge is -2.38. The van der Waals surface area contributed by atoms with E-state index >= 15 is 0 Å². The molecule has 1 aliphatic heterocycles. The minimum absolute atomic E-state index is 0.0343. The van der Waals surface area contributed by atoms with Crippen LogP contribution in [0.5, 0.6) is 0 Å². The number of aryl methyl sites for hydroxylation is 1. The summed E-state index contributed by atoms with van der Waals surface area (Å²) in [7, 11) is 0. The van der Waals surface area contributed by atoms with Gasteiger partial charge in [-0.3, -0.25) is 9.59 Å². The molecule has 0 atom stereocenters. The monoisotopic (exact) mass is 499 g/mol. The zero-order valence-corrected chi connectivity index (χ0v) is 21.4. The van der Waals surface area contributed by atoms with Gasteiger partial charge in [-0.1, -0.05) is 60.2 Å². The van der Waals surface area contributed by atoms with Crippen LogP contribution in [0.25, 0.3) is 28.1 Å². The molecule has 1 aromatic heterocycles. The molecule has 5 nitrogen and oxygen atoms in total. The molecule has 1 saturated heterocycles. The van der Waals surface area contributed by atoms with E-state index in [1.807, 2.05) is 18.2 Å². The van der Waals surface area contributed by atoms with E-state index in [2.05, 4.69) is 66.7 Å². The molecule has 2 aliphatic rings. The Morgan fingerprint density at radius 2 is 1.97 bits per heavy atom. The number of benzene rings is 2. The van der Waals surface area contributed by atoms with Crippen LogP contribution in [0.4, 0.5) is 0 Å². The minimum Gasteiger partial charge on any atom is -0.348 e. The molecule has 2 amide bonds. The number of carbonyl (C=O) groups is 2. The van der Waals surface area contributed by atoms with Crippen molar-refractivity contribution in [3.05, 3.63) is 88.6 Å². The minimum atomic E-state index is -0.105. The molecule has 5 rings (SSSR count). The lowest BCUT2D eigenvalue weighted by Crippen LogP contribution is -2.61. The number of halogens is 1. The summed E-state index contributed by atoms with van der Waals surface area (Å²) in [6.45, 7) is 8.98. The van der Waals surface area contributed by atoms with Gasteiger partial charge in [-0.05, 0) is 67.7 Å². The normalized spacial score (nSPS) is 17.9. The summed E-state index contributed by atoms with van der Waals surface area (Å²) in [5.74, 6) is -0.178. The quantitative estimate of drug-likeness (QED) is 0.458. The molecule has 3 aromatic rings. The Morgan fingerprint density at radius 3 is 2.75 bits per heavy atom. The Balaban J connectivity index is 1.51. The number of aromatic nitrogens is 1. The molecule has 36 heavy (non-hydrogen) atoms. The average Bonchev–Trinajstić information content (AvgIpc) is 3.08. The predicted octanol–water partition coefficient (Wildman–Crippen LogP) is 5.69. The fourth-order valence-corrected chi connectivity index (χ4v) is 5.44. The molecule has 0 unspecified atom stereocenters. The zero-order valence-electron chi connectivity index (χ0n) is 20.7. The van der Waals surface area contributed by atoms with Gasteiger partial charge < -0.3 is 14.8 Å². The summed E-state index contributed by atoms with van der Waals surface area (Å²) < 4.78 is 2.07. The number of hydrogen-bond acceptors (Lipinski definition) is 2. The maximum atomic E-state index is 13.0. The Bertz CT molecular complexity index is 1440. The number of amides is 2. The van der Waals surface area contributed by atoms with Crippen LogP contribution >= 0.6 is 11.6 Å². The van der Waals surface area contributed by atoms with E-state index < -0.39 is 0 Å². The van der Waals surface area contributed by atoms with Crippen molar-refractivity contribution in [3.8, 4) is 11.1 Å². The van der Waals surface area contributed by atoms with Crippen molar-refractivity contribution in [1.29, 1.82) is 0 Å². The molecule has 1 fully saturated rings. The molecule has 2 heterocycles. The smallest absolute Gasteiger partial charge is 0.246 e. The molecule has 184 valence electrons. The second-order valence-electron chi connectivity index (χ2n) is 9.67. The third-order valence-electron chi connectivity index (χ3n) is 7.22. The van der Waals surface area contributed by atoms with Gasteiger partial charge in [-0.2, -0.15) is 0 Å². The molecule has 0 radical (unpaired) electrons. The van der Waals surface area contributed by atoms with E-state index in [4.69, 9.17) is 11.6 Å². The summed E-state index contributed by atoms with van der Waals surface area (Å²) in [4.78, 5) is 26.4. The number of carbonyl (C=O) groups excluding carboxylic acids is 2. The highest BCUT2D eigenvalue weighted by Crippen LogP contribution is 2.39. The Morgan fingerprint density at radius 1 is 1.17 bits per heavy atom. The number of allylic oxidation sites excluding steroid dienone is 3. The zero-order chi connectivity index (χ0) is 25.4. The number of nitrogens with one attached hydrogen (secondary N) is 1. The van der Waals surface area contributed by atoms with Gasteiger partial charge in [-0.15, -0.1) is 0 Å². The van der Waals surface area contributed by atoms with Gasteiger partial charge in [0.2, 0.25) is 11.8 Å². The first-order chi connectivity index (χ1) is 17.4. The van der Waals surface area contributed by atoms with Crippen LogP contribution in [0.3, 0.4) is 0 Å². The standard InChI is InChI=1S/C30H30ClN3O2/c1-4-29(36)33-16-23(17-33)32-28(35)18-34-20(3)30(26-15-22(31)13-14-27(26)34)25-10-6-8-21-12-11-19(2)7-5-9-24(21)25/h4-10,13-15,23H,1,11-12,16-18H2,2-3H3,(H,32,35)/b9-5-,19-7+. The third-order valence-corrected chi connectivity index (χ3v) is 7.45. The molecule has 0 saturated carbocycles. The third kappa shape index (κ3) is 4.51. The number of nitrogens with zero attached hydrogens (tertiary/aromatic N) is 2. The Kier molecular flexibility index (Phi) is 6.59. The first-order valence-corrected chi connectivity index (χ1v) is 12.7. The van der Waals surface area contributed by atoms with Crippen LogP contribution in [-0.4, -0.2) is 40.4 Å². The van der Waals surface area contributed by atoms with Crippen LogP contribution in [0.15, 0.2) is 66.8 Å². The van der Waals surface area contributed by atoms with Gasteiger partial charge in [0.1, 0.15) is 6.54 Å². The number of hydrogen-bond donors (Lipinski definition) is 1. The molecule has 6 heteroatoms. The molecule has 0 bridgehead atoms. The second-order valence-corrected chi connectivity index (χ2v) is 10.1. The van der Waals surface area contributed by atoms with Gasteiger partial charge in [0, 0.05) is 40.3 Å². The maximum absolute atomic E-state index is 13.0. The fraction of sp³-hybridized carbons (Fsp3) is 0.267. The van der Waals surface area contributed by atoms with Gasteiger partial charge in [0.05, 0.1) is 6.04 Å².